The summed E-state index contributed by atoms with van der Waals surface area (Å²) in [5.74, 6) is -0.325. The van der Waals surface area contributed by atoms with Gasteiger partial charge in [0, 0.05) is 37.3 Å². The summed E-state index contributed by atoms with van der Waals surface area (Å²) in [6.07, 6.45) is -4.78. The number of benzene rings is 1. The van der Waals surface area contributed by atoms with Gasteiger partial charge in [-0.05, 0) is 43.9 Å². The normalized spacial score (nSPS) is 23.4. The zero-order valence-electron chi connectivity index (χ0n) is 18.7. The van der Waals surface area contributed by atoms with Crippen LogP contribution >= 0.6 is 0 Å². The van der Waals surface area contributed by atoms with Gasteiger partial charge < -0.3 is 14.6 Å². The first-order valence-corrected chi connectivity index (χ1v) is 10.3. The molecule has 1 aromatic rings. The van der Waals surface area contributed by atoms with E-state index in [9.17, 15) is 27.5 Å². The maximum atomic E-state index is 14.1. The molecule has 0 aliphatic carbocycles. The van der Waals surface area contributed by atoms with Gasteiger partial charge in [-0.1, -0.05) is 13.8 Å². The van der Waals surface area contributed by atoms with Gasteiger partial charge >= 0.3 is 6.18 Å². The fourth-order valence-corrected chi connectivity index (χ4v) is 4.69. The minimum Gasteiger partial charge on any atom is -0.496 e. The first-order chi connectivity index (χ1) is 14.2. The quantitative estimate of drug-likeness (QED) is 0.488. The molecule has 0 spiro atoms. The van der Waals surface area contributed by atoms with Crippen LogP contribution in [0.25, 0.3) is 0 Å². The van der Waals surface area contributed by atoms with Crippen molar-refractivity contribution in [1.82, 2.24) is 9.80 Å². The number of halogens is 4. The Morgan fingerprint density at radius 1 is 1.19 bits per heavy atom. The maximum Gasteiger partial charge on any atom is 0.418 e. The third-order valence-electron chi connectivity index (χ3n) is 6.10. The van der Waals surface area contributed by atoms with Crippen molar-refractivity contribution in [3.63, 3.8) is 0 Å². The monoisotopic (exact) mass is 448 g/mol. The number of aliphatic hydroxyl groups is 1. The third-order valence-corrected chi connectivity index (χ3v) is 6.10. The Balaban J connectivity index is 2.31. The largest absolute Gasteiger partial charge is 0.496 e. The Morgan fingerprint density at radius 2 is 1.77 bits per heavy atom. The topological polar surface area (TPSA) is 53.0 Å². The second-order valence-corrected chi connectivity index (χ2v) is 9.19. The summed E-state index contributed by atoms with van der Waals surface area (Å²) in [5.41, 5.74) is -3.98. The van der Waals surface area contributed by atoms with Crippen molar-refractivity contribution in [3.8, 4) is 5.75 Å². The van der Waals surface area contributed by atoms with Crippen LogP contribution in [0.5, 0.6) is 5.75 Å². The molecule has 1 fully saturated rings. The number of methoxy groups -OCH3 is 1. The van der Waals surface area contributed by atoms with E-state index >= 15 is 0 Å². The number of rotatable bonds is 8. The van der Waals surface area contributed by atoms with E-state index in [0.29, 0.717) is 13.1 Å². The molecule has 0 aromatic heterocycles. The Hall–Kier alpha value is -1.71. The lowest BCUT2D eigenvalue weighted by molar-refractivity contribution is -0.273. The van der Waals surface area contributed by atoms with Gasteiger partial charge in [0.25, 0.3) is 0 Å². The Bertz CT molecular complexity index is 760. The highest BCUT2D eigenvalue weighted by molar-refractivity contribution is 5.52. The van der Waals surface area contributed by atoms with E-state index in [1.165, 1.54) is 33.1 Å². The van der Waals surface area contributed by atoms with Crippen LogP contribution in [0.3, 0.4) is 0 Å². The first-order valence-electron chi connectivity index (χ1n) is 10.3. The van der Waals surface area contributed by atoms with Crippen LogP contribution < -0.4 is 4.74 Å². The van der Waals surface area contributed by atoms with E-state index in [1.54, 1.807) is 4.90 Å². The van der Waals surface area contributed by atoms with E-state index in [0.717, 1.165) is 12.4 Å². The van der Waals surface area contributed by atoms with Crippen LogP contribution in [-0.4, -0.2) is 78.3 Å². The molecule has 9 heteroatoms. The number of alkyl halides is 3. The van der Waals surface area contributed by atoms with E-state index < -0.39 is 36.0 Å². The fraction of sp³-hybridized carbons (Fsp3) is 0.682. The van der Waals surface area contributed by atoms with E-state index in [-0.39, 0.29) is 29.9 Å². The van der Waals surface area contributed by atoms with E-state index in [2.05, 4.69) is 0 Å². The first kappa shape index (κ1) is 25.5. The summed E-state index contributed by atoms with van der Waals surface area (Å²) >= 11 is 0. The van der Waals surface area contributed by atoms with Crippen molar-refractivity contribution in [3.05, 3.63) is 29.6 Å². The van der Waals surface area contributed by atoms with Crippen LogP contribution in [-0.2, 0) is 10.2 Å². The molecular weight excluding hydrogens is 416 g/mol. The van der Waals surface area contributed by atoms with Crippen molar-refractivity contribution >= 4 is 6.29 Å². The molecule has 1 heterocycles. The number of carbonyl (C=O) groups excluding carboxylic acids is 1. The molecule has 3 unspecified atom stereocenters. The van der Waals surface area contributed by atoms with Crippen molar-refractivity contribution in [1.29, 1.82) is 0 Å². The van der Waals surface area contributed by atoms with Crippen molar-refractivity contribution in [2.75, 3.05) is 33.3 Å². The summed E-state index contributed by atoms with van der Waals surface area (Å²) in [5, 5.41) is 10.9. The molecule has 176 valence electrons. The van der Waals surface area contributed by atoms with Crippen LogP contribution in [0.1, 0.15) is 39.7 Å². The van der Waals surface area contributed by atoms with Gasteiger partial charge in [-0.2, -0.15) is 13.2 Å². The highest BCUT2D eigenvalue weighted by Crippen LogP contribution is 2.44. The number of piperazine rings is 1. The molecule has 0 bridgehead atoms. The van der Waals surface area contributed by atoms with Gasteiger partial charge in [0.15, 0.2) is 5.60 Å². The summed E-state index contributed by atoms with van der Waals surface area (Å²) in [6.45, 7) is 6.96. The second kappa shape index (κ2) is 9.42. The molecule has 1 aromatic carbocycles. The Labute approximate surface area is 181 Å². The number of carbonyl (C=O) groups is 1. The lowest BCUT2D eigenvalue weighted by Gasteiger charge is -2.47. The number of aldehydes is 1. The molecule has 3 atom stereocenters. The smallest absolute Gasteiger partial charge is 0.418 e. The van der Waals surface area contributed by atoms with E-state index in [1.807, 2.05) is 18.7 Å². The lowest BCUT2D eigenvalue weighted by Crippen LogP contribution is -2.63. The highest BCUT2D eigenvalue weighted by atomic mass is 19.4. The van der Waals surface area contributed by atoms with Crippen LogP contribution in [0.2, 0.25) is 0 Å². The Morgan fingerprint density at radius 3 is 2.26 bits per heavy atom. The zero-order chi connectivity index (χ0) is 23.6. The summed E-state index contributed by atoms with van der Waals surface area (Å²) in [6, 6.07) is 3.42. The Kier molecular flexibility index (Phi) is 7.76. The van der Waals surface area contributed by atoms with Gasteiger partial charge in [0.05, 0.1) is 13.7 Å². The molecule has 1 aliphatic rings. The van der Waals surface area contributed by atoms with E-state index in [4.69, 9.17) is 4.74 Å². The SMILES string of the molecule is COc1ccc(F)cc1C(C)(C)CC(O)(CN1CC(C)N(CC=O)C(C)C1)C(F)(F)F. The van der Waals surface area contributed by atoms with Crippen molar-refractivity contribution in [2.45, 2.75) is 63.4 Å². The van der Waals surface area contributed by atoms with Crippen LogP contribution in [0.15, 0.2) is 18.2 Å². The maximum absolute atomic E-state index is 14.1. The zero-order valence-corrected chi connectivity index (χ0v) is 18.7. The minimum atomic E-state index is -4.89. The molecule has 2 rings (SSSR count). The molecule has 0 saturated carbocycles. The standard InChI is InChI=1S/C22H32F4N2O3/c1-15-11-27(12-16(2)28(15)8-9-29)14-21(30,22(24,25)26)13-20(3,4)18-10-17(23)6-7-19(18)31-5/h6-7,9-10,15-16,30H,8,11-14H2,1-5H3. The molecule has 0 radical (unpaired) electrons. The molecule has 1 N–H and O–H groups in total. The molecule has 1 saturated heterocycles. The van der Waals surface area contributed by atoms with Crippen LogP contribution in [0.4, 0.5) is 17.6 Å². The minimum absolute atomic E-state index is 0.136. The summed E-state index contributed by atoms with van der Waals surface area (Å²) in [4.78, 5) is 14.4. The summed E-state index contributed by atoms with van der Waals surface area (Å²) in [7, 11) is 1.37. The number of hydrogen-bond acceptors (Lipinski definition) is 5. The van der Waals surface area contributed by atoms with Gasteiger partial charge in [-0.3, -0.25) is 9.80 Å². The van der Waals surface area contributed by atoms with Crippen LogP contribution in [0, 0.1) is 5.82 Å². The third kappa shape index (κ3) is 5.75. The molecule has 0 amide bonds. The second-order valence-electron chi connectivity index (χ2n) is 9.19. The van der Waals surface area contributed by atoms with Crippen molar-refractivity contribution < 1.29 is 32.2 Å². The number of hydrogen-bond donors (Lipinski definition) is 1. The van der Waals surface area contributed by atoms with Gasteiger partial charge in [-0.25, -0.2) is 4.39 Å². The fourth-order valence-electron chi connectivity index (χ4n) is 4.69. The van der Waals surface area contributed by atoms with Gasteiger partial charge in [0.1, 0.15) is 17.9 Å². The number of β-amino-alcohol motifs (C(OH)–C–C–N with tert-alkyl or cyclic N) is 1. The molecule has 5 nitrogen and oxygen atoms in total. The average molecular weight is 449 g/mol. The lowest BCUT2D eigenvalue weighted by atomic mass is 9.74. The summed E-state index contributed by atoms with van der Waals surface area (Å²) < 4.78 is 61.4. The average Bonchev–Trinajstić information content (AvgIpc) is 2.63. The van der Waals surface area contributed by atoms with Gasteiger partial charge in [-0.15, -0.1) is 0 Å². The molecular formula is C22H32F4N2O3. The van der Waals surface area contributed by atoms with Crippen molar-refractivity contribution in [2.24, 2.45) is 0 Å². The number of nitrogens with zero attached hydrogens (tertiary/aromatic N) is 2. The predicted octanol–water partition coefficient (Wildman–Crippen LogP) is 3.39. The highest BCUT2D eigenvalue weighted by Gasteiger charge is 2.57. The predicted molar refractivity (Wildman–Crippen MR) is 110 cm³/mol. The molecule has 31 heavy (non-hydrogen) atoms. The molecule has 1 aliphatic heterocycles. The number of ether oxygens (including phenoxy) is 1. The van der Waals surface area contributed by atoms with Gasteiger partial charge in [0.2, 0.25) is 0 Å².